The van der Waals surface area contributed by atoms with Crippen molar-refractivity contribution in [2.75, 3.05) is 0 Å². The summed E-state index contributed by atoms with van der Waals surface area (Å²) in [5.41, 5.74) is 5.69. The molecule has 0 saturated heterocycles. The van der Waals surface area contributed by atoms with Crippen LogP contribution in [0.25, 0.3) is 87.5 Å². The van der Waals surface area contributed by atoms with Gasteiger partial charge in [-0.2, -0.15) is 0 Å². The lowest BCUT2D eigenvalue weighted by Gasteiger charge is -2.19. The van der Waals surface area contributed by atoms with Crippen LogP contribution in [0.4, 0.5) is 0 Å². The maximum atomic E-state index is 4.80. The molecule has 9 rings (SSSR count). The van der Waals surface area contributed by atoms with Gasteiger partial charge in [0.2, 0.25) is 0 Å². The fourth-order valence-electron chi connectivity index (χ4n) is 6.92. The molecule has 8 aromatic carbocycles. The van der Waals surface area contributed by atoms with Crippen molar-refractivity contribution < 1.29 is 0 Å². The number of rotatable bonds is 3. The molecule has 2 nitrogen and oxygen atoms in total. The van der Waals surface area contributed by atoms with Crippen LogP contribution in [0.3, 0.4) is 0 Å². The molecular weight excluding hydrogens is 532 g/mol. The molecule has 0 atom stereocenters. The third-order valence-corrected chi connectivity index (χ3v) is 8.92. The highest BCUT2D eigenvalue weighted by Gasteiger charge is 2.19. The molecule has 0 unspecified atom stereocenters. The molecule has 204 valence electrons. The smallest absolute Gasteiger partial charge is 0.159 e. The average molecular weight is 559 g/mol. The van der Waals surface area contributed by atoms with E-state index < -0.39 is 0 Å². The monoisotopic (exact) mass is 558 g/mol. The van der Waals surface area contributed by atoms with Gasteiger partial charge in [-0.3, -0.25) is 0 Å². The highest BCUT2D eigenvalue weighted by molar-refractivity contribution is 6.25. The minimum atomic E-state index is 0.732. The standard InChI is InChI=1S/C42H26N2/c1-2-11-27(12-3-1)42-43-25-31(26-44-42)40-35-15-6-8-17-37(35)41(38-18-9-7-16-36(38)40)34-20-10-19-32-33(34)22-21-30-23-28-13-4-5-14-29(28)24-39(30)32/h1-26H. The van der Waals surface area contributed by atoms with Gasteiger partial charge in [-0.25, -0.2) is 9.97 Å². The molecule has 1 heterocycles. The molecule has 2 heteroatoms. The molecule has 0 fully saturated rings. The summed E-state index contributed by atoms with van der Waals surface area (Å²) < 4.78 is 0. The largest absolute Gasteiger partial charge is 0.236 e. The van der Waals surface area contributed by atoms with Crippen LogP contribution in [0, 0.1) is 0 Å². The van der Waals surface area contributed by atoms with E-state index in [-0.39, 0.29) is 0 Å². The zero-order valence-electron chi connectivity index (χ0n) is 23.9. The van der Waals surface area contributed by atoms with Gasteiger partial charge >= 0.3 is 0 Å². The summed E-state index contributed by atoms with van der Waals surface area (Å²) in [4.78, 5) is 9.60. The maximum Gasteiger partial charge on any atom is 0.159 e. The molecule has 44 heavy (non-hydrogen) atoms. The van der Waals surface area contributed by atoms with Gasteiger partial charge in [-0.1, -0.05) is 133 Å². The van der Waals surface area contributed by atoms with Crippen LogP contribution in [0.1, 0.15) is 0 Å². The van der Waals surface area contributed by atoms with Gasteiger partial charge < -0.3 is 0 Å². The van der Waals surface area contributed by atoms with Crippen molar-refractivity contribution in [3.8, 4) is 33.6 Å². The summed E-state index contributed by atoms with van der Waals surface area (Å²) in [6.45, 7) is 0. The minimum absolute atomic E-state index is 0.732. The molecule has 0 aliphatic carbocycles. The normalized spacial score (nSPS) is 11.6. The number of fused-ring (bicyclic) bond motifs is 6. The highest BCUT2D eigenvalue weighted by atomic mass is 14.9. The third-order valence-electron chi connectivity index (χ3n) is 8.92. The Balaban J connectivity index is 1.32. The fourth-order valence-corrected chi connectivity index (χ4v) is 6.92. The van der Waals surface area contributed by atoms with Crippen molar-refractivity contribution in [2.24, 2.45) is 0 Å². The van der Waals surface area contributed by atoms with Crippen molar-refractivity contribution in [3.63, 3.8) is 0 Å². The molecule has 0 bridgehead atoms. The van der Waals surface area contributed by atoms with Crippen molar-refractivity contribution in [2.45, 2.75) is 0 Å². The predicted molar refractivity (Wildman–Crippen MR) is 186 cm³/mol. The van der Waals surface area contributed by atoms with Crippen molar-refractivity contribution in [3.05, 3.63) is 158 Å². The third kappa shape index (κ3) is 3.82. The zero-order chi connectivity index (χ0) is 29.0. The summed E-state index contributed by atoms with van der Waals surface area (Å²) in [5.74, 6) is 0.732. The summed E-state index contributed by atoms with van der Waals surface area (Å²) >= 11 is 0. The van der Waals surface area contributed by atoms with Gasteiger partial charge in [0.15, 0.2) is 5.82 Å². The number of nitrogens with zero attached hydrogens (tertiary/aromatic N) is 2. The van der Waals surface area contributed by atoms with Crippen LogP contribution in [-0.4, -0.2) is 9.97 Å². The van der Waals surface area contributed by atoms with E-state index in [4.69, 9.17) is 9.97 Å². The van der Waals surface area contributed by atoms with E-state index in [0.717, 1.165) is 22.5 Å². The second kappa shape index (κ2) is 9.86. The quantitative estimate of drug-likeness (QED) is 0.159. The van der Waals surface area contributed by atoms with Gasteiger partial charge in [0.25, 0.3) is 0 Å². The van der Waals surface area contributed by atoms with E-state index >= 15 is 0 Å². The van der Waals surface area contributed by atoms with E-state index in [9.17, 15) is 0 Å². The molecule has 1 aromatic heterocycles. The topological polar surface area (TPSA) is 25.8 Å². The summed E-state index contributed by atoms with van der Waals surface area (Å²) in [6.07, 6.45) is 3.94. The number of benzene rings is 8. The first-order valence-electron chi connectivity index (χ1n) is 15.0. The Morgan fingerprint density at radius 1 is 0.318 bits per heavy atom. The minimum Gasteiger partial charge on any atom is -0.236 e. The first-order chi connectivity index (χ1) is 21.8. The van der Waals surface area contributed by atoms with E-state index in [2.05, 4.69) is 115 Å². The Hall–Kier alpha value is -5.86. The molecule has 0 amide bonds. The number of aromatic nitrogens is 2. The van der Waals surface area contributed by atoms with Crippen LogP contribution < -0.4 is 0 Å². The second-order valence-corrected chi connectivity index (χ2v) is 11.4. The molecule has 0 aliphatic heterocycles. The molecule has 0 spiro atoms. The summed E-state index contributed by atoms with van der Waals surface area (Å²) in [5, 5.41) is 12.4. The first-order valence-corrected chi connectivity index (χ1v) is 15.0. The van der Waals surface area contributed by atoms with Crippen molar-refractivity contribution >= 4 is 53.9 Å². The summed E-state index contributed by atoms with van der Waals surface area (Å²) in [6, 6.07) is 52.3. The Labute approximate surface area is 254 Å². The van der Waals surface area contributed by atoms with Gasteiger partial charge in [-0.15, -0.1) is 0 Å². The predicted octanol–water partition coefficient (Wildman–Crippen LogP) is 11.2. The maximum absolute atomic E-state index is 4.80. The van der Waals surface area contributed by atoms with Crippen LogP contribution in [0.2, 0.25) is 0 Å². The molecule has 0 radical (unpaired) electrons. The lowest BCUT2D eigenvalue weighted by molar-refractivity contribution is 1.18. The van der Waals surface area contributed by atoms with Crippen molar-refractivity contribution in [1.29, 1.82) is 0 Å². The Morgan fingerprint density at radius 2 is 0.886 bits per heavy atom. The molecular formula is C42H26N2. The van der Waals surface area contributed by atoms with E-state index in [1.165, 1.54) is 65.0 Å². The Morgan fingerprint density at radius 3 is 1.57 bits per heavy atom. The van der Waals surface area contributed by atoms with Crippen LogP contribution in [0.5, 0.6) is 0 Å². The molecule has 9 aromatic rings. The van der Waals surface area contributed by atoms with Gasteiger partial charge in [-0.05, 0) is 77.1 Å². The lowest BCUT2D eigenvalue weighted by Crippen LogP contribution is -1.94. The van der Waals surface area contributed by atoms with Gasteiger partial charge in [0.1, 0.15) is 0 Å². The van der Waals surface area contributed by atoms with E-state index in [1.54, 1.807) is 0 Å². The van der Waals surface area contributed by atoms with E-state index in [1.807, 2.05) is 42.7 Å². The van der Waals surface area contributed by atoms with Crippen LogP contribution >= 0.6 is 0 Å². The average Bonchev–Trinajstić information content (AvgIpc) is 3.10. The van der Waals surface area contributed by atoms with Crippen molar-refractivity contribution in [1.82, 2.24) is 9.97 Å². The van der Waals surface area contributed by atoms with E-state index in [0.29, 0.717) is 0 Å². The Kier molecular flexibility index (Phi) is 5.54. The van der Waals surface area contributed by atoms with Gasteiger partial charge in [0.05, 0.1) is 0 Å². The highest BCUT2D eigenvalue weighted by Crippen LogP contribution is 2.45. The zero-order valence-corrected chi connectivity index (χ0v) is 23.9. The SMILES string of the molecule is c1ccc(-c2ncc(-c3c4ccccc4c(-c4cccc5c4ccc4cc6ccccc6cc45)c4ccccc34)cn2)cc1. The lowest BCUT2D eigenvalue weighted by atomic mass is 9.84. The van der Waals surface area contributed by atoms with Crippen LogP contribution in [-0.2, 0) is 0 Å². The first kappa shape index (κ1) is 24.7. The van der Waals surface area contributed by atoms with Crippen LogP contribution in [0.15, 0.2) is 158 Å². The Bertz CT molecular complexity index is 2470. The fraction of sp³-hybridized carbons (Fsp3) is 0. The molecule has 0 N–H and O–H groups in total. The number of hydrogen-bond acceptors (Lipinski definition) is 2. The van der Waals surface area contributed by atoms with Gasteiger partial charge in [0, 0.05) is 29.1 Å². The molecule has 0 aliphatic rings. The second-order valence-electron chi connectivity index (χ2n) is 11.4. The summed E-state index contributed by atoms with van der Waals surface area (Å²) in [7, 11) is 0. The molecule has 0 saturated carbocycles. The number of hydrogen-bond donors (Lipinski definition) is 0.